The standard InChI is InChI=1S/C12H17F2NO3S/c1-2-3-9(8-19(15,16)17)7-18-12-6-10(13)4-5-11(12)14/h4-6,9H,2-3,7-8H2,1H3,(H2,15,16,17). The lowest BCUT2D eigenvalue weighted by Gasteiger charge is -2.16. The molecule has 0 saturated heterocycles. The molecule has 1 aromatic rings. The number of sulfonamides is 1. The summed E-state index contributed by atoms with van der Waals surface area (Å²) in [4.78, 5) is 0. The first kappa shape index (κ1) is 15.8. The molecule has 0 spiro atoms. The normalized spacial score (nSPS) is 13.3. The van der Waals surface area contributed by atoms with Crippen molar-refractivity contribution in [1.82, 2.24) is 0 Å². The van der Waals surface area contributed by atoms with E-state index in [4.69, 9.17) is 9.88 Å². The Morgan fingerprint density at radius 3 is 2.63 bits per heavy atom. The highest BCUT2D eigenvalue weighted by molar-refractivity contribution is 7.89. The molecule has 4 nitrogen and oxygen atoms in total. The lowest BCUT2D eigenvalue weighted by molar-refractivity contribution is 0.241. The summed E-state index contributed by atoms with van der Waals surface area (Å²) in [5.74, 6) is -2.11. The number of hydrogen-bond acceptors (Lipinski definition) is 3. The number of ether oxygens (including phenoxy) is 1. The van der Waals surface area contributed by atoms with E-state index >= 15 is 0 Å². The quantitative estimate of drug-likeness (QED) is 0.836. The summed E-state index contributed by atoms with van der Waals surface area (Å²) in [7, 11) is -3.62. The summed E-state index contributed by atoms with van der Waals surface area (Å²) in [6, 6.07) is 2.87. The Morgan fingerprint density at radius 2 is 2.05 bits per heavy atom. The number of primary sulfonamides is 1. The van der Waals surface area contributed by atoms with Crippen LogP contribution in [0, 0.1) is 17.6 Å². The van der Waals surface area contributed by atoms with E-state index in [0.29, 0.717) is 6.42 Å². The van der Waals surface area contributed by atoms with E-state index in [9.17, 15) is 17.2 Å². The smallest absolute Gasteiger partial charge is 0.209 e. The number of nitrogens with two attached hydrogens (primary N) is 1. The van der Waals surface area contributed by atoms with Gasteiger partial charge in [0.15, 0.2) is 11.6 Å². The Labute approximate surface area is 111 Å². The van der Waals surface area contributed by atoms with Crippen LogP contribution in [0.1, 0.15) is 19.8 Å². The van der Waals surface area contributed by atoms with E-state index < -0.39 is 21.7 Å². The molecule has 1 aromatic carbocycles. The van der Waals surface area contributed by atoms with E-state index in [-0.39, 0.29) is 24.0 Å². The van der Waals surface area contributed by atoms with Crippen LogP contribution in [0.5, 0.6) is 5.75 Å². The molecule has 0 aliphatic rings. The lowest BCUT2D eigenvalue weighted by Crippen LogP contribution is -2.27. The predicted molar refractivity (Wildman–Crippen MR) is 68.2 cm³/mol. The molecule has 0 radical (unpaired) electrons. The van der Waals surface area contributed by atoms with Gasteiger partial charge >= 0.3 is 0 Å². The Kier molecular flexibility index (Phi) is 5.68. The fourth-order valence-corrected chi connectivity index (χ4v) is 2.67. The molecule has 0 bridgehead atoms. The molecule has 0 saturated carbocycles. The van der Waals surface area contributed by atoms with Crippen molar-refractivity contribution in [3.8, 4) is 5.75 Å². The second kappa shape index (κ2) is 6.81. The Hall–Kier alpha value is -1.21. The second-order valence-corrected chi connectivity index (χ2v) is 6.03. The van der Waals surface area contributed by atoms with Crippen LogP contribution in [0.3, 0.4) is 0 Å². The molecule has 1 atom stereocenters. The Morgan fingerprint density at radius 1 is 1.37 bits per heavy atom. The van der Waals surface area contributed by atoms with Gasteiger partial charge in [0.2, 0.25) is 10.0 Å². The topological polar surface area (TPSA) is 69.4 Å². The van der Waals surface area contributed by atoms with Gasteiger partial charge in [-0.15, -0.1) is 0 Å². The van der Waals surface area contributed by atoms with Crippen LogP contribution in [-0.4, -0.2) is 20.8 Å². The summed E-state index contributed by atoms with van der Waals surface area (Å²) < 4.78 is 53.5. The molecule has 0 amide bonds. The zero-order valence-electron chi connectivity index (χ0n) is 10.6. The maximum absolute atomic E-state index is 13.3. The highest BCUT2D eigenvalue weighted by Crippen LogP contribution is 2.20. The number of benzene rings is 1. The Bertz CT molecular complexity index is 520. The first-order valence-electron chi connectivity index (χ1n) is 5.90. The highest BCUT2D eigenvalue weighted by atomic mass is 32.2. The molecule has 0 aromatic heterocycles. The third-order valence-corrected chi connectivity index (χ3v) is 3.47. The van der Waals surface area contributed by atoms with Crippen molar-refractivity contribution in [3.05, 3.63) is 29.8 Å². The lowest BCUT2D eigenvalue weighted by atomic mass is 10.1. The monoisotopic (exact) mass is 293 g/mol. The third-order valence-electron chi connectivity index (χ3n) is 2.53. The molecule has 0 aliphatic heterocycles. The van der Waals surface area contributed by atoms with Gasteiger partial charge in [-0.25, -0.2) is 22.3 Å². The fourth-order valence-electron chi connectivity index (χ4n) is 1.75. The van der Waals surface area contributed by atoms with Gasteiger partial charge in [0.1, 0.15) is 5.82 Å². The van der Waals surface area contributed by atoms with E-state index in [1.165, 1.54) is 0 Å². The minimum atomic E-state index is -3.62. The summed E-state index contributed by atoms with van der Waals surface area (Å²) in [5, 5.41) is 4.97. The Balaban J connectivity index is 2.68. The predicted octanol–water partition coefficient (Wildman–Crippen LogP) is 2.05. The SMILES string of the molecule is CCCC(COc1cc(F)ccc1F)CS(N)(=O)=O. The summed E-state index contributed by atoms with van der Waals surface area (Å²) in [6.07, 6.45) is 1.32. The summed E-state index contributed by atoms with van der Waals surface area (Å²) >= 11 is 0. The highest BCUT2D eigenvalue weighted by Gasteiger charge is 2.17. The molecule has 0 heterocycles. The molecule has 108 valence electrons. The molecular weight excluding hydrogens is 276 g/mol. The van der Waals surface area contributed by atoms with E-state index in [2.05, 4.69) is 0 Å². The van der Waals surface area contributed by atoms with E-state index in [1.54, 1.807) is 0 Å². The fraction of sp³-hybridized carbons (Fsp3) is 0.500. The third kappa shape index (κ3) is 5.98. The average Bonchev–Trinajstić information content (AvgIpc) is 2.28. The van der Waals surface area contributed by atoms with Gasteiger partial charge in [0.25, 0.3) is 0 Å². The van der Waals surface area contributed by atoms with Crippen molar-refractivity contribution in [2.45, 2.75) is 19.8 Å². The zero-order chi connectivity index (χ0) is 14.5. The molecule has 1 unspecified atom stereocenters. The molecule has 7 heteroatoms. The molecule has 2 N–H and O–H groups in total. The van der Waals surface area contributed by atoms with Crippen LogP contribution in [0.15, 0.2) is 18.2 Å². The van der Waals surface area contributed by atoms with Gasteiger partial charge in [-0.2, -0.15) is 0 Å². The average molecular weight is 293 g/mol. The number of rotatable bonds is 7. The minimum absolute atomic E-state index is 0.0232. The zero-order valence-corrected chi connectivity index (χ0v) is 11.4. The number of hydrogen-bond donors (Lipinski definition) is 1. The van der Waals surface area contributed by atoms with Crippen molar-refractivity contribution in [1.29, 1.82) is 0 Å². The molecule has 0 aliphatic carbocycles. The van der Waals surface area contributed by atoms with Crippen LogP contribution in [0.25, 0.3) is 0 Å². The van der Waals surface area contributed by atoms with Gasteiger partial charge in [-0.05, 0) is 18.6 Å². The van der Waals surface area contributed by atoms with Crippen molar-refractivity contribution >= 4 is 10.0 Å². The van der Waals surface area contributed by atoms with Gasteiger partial charge in [0.05, 0.1) is 12.4 Å². The molecule has 19 heavy (non-hydrogen) atoms. The minimum Gasteiger partial charge on any atom is -0.490 e. The van der Waals surface area contributed by atoms with Crippen LogP contribution < -0.4 is 9.88 Å². The summed E-state index contributed by atoms with van der Waals surface area (Å²) in [5.41, 5.74) is 0. The van der Waals surface area contributed by atoms with Crippen molar-refractivity contribution in [3.63, 3.8) is 0 Å². The van der Waals surface area contributed by atoms with Gasteiger partial charge in [-0.1, -0.05) is 13.3 Å². The maximum Gasteiger partial charge on any atom is 0.209 e. The van der Waals surface area contributed by atoms with Gasteiger partial charge in [0, 0.05) is 12.0 Å². The van der Waals surface area contributed by atoms with Crippen molar-refractivity contribution in [2.24, 2.45) is 11.1 Å². The van der Waals surface area contributed by atoms with E-state index in [1.807, 2.05) is 6.92 Å². The maximum atomic E-state index is 13.3. The molecule has 1 rings (SSSR count). The van der Waals surface area contributed by atoms with Gasteiger partial charge < -0.3 is 4.74 Å². The van der Waals surface area contributed by atoms with Crippen molar-refractivity contribution in [2.75, 3.05) is 12.4 Å². The van der Waals surface area contributed by atoms with E-state index in [0.717, 1.165) is 24.6 Å². The summed E-state index contributed by atoms with van der Waals surface area (Å²) in [6.45, 7) is 1.86. The number of halogens is 2. The molecule has 0 fully saturated rings. The van der Waals surface area contributed by atoms with Crippen LogP contribution in [0.4, 0.5) is 8.78 Å². The van der Waals surface area contributed by atoms with Gasteiger partial charge in [-0.3, -0.25) is 0 Å². The van der Waals surface area contributed by atoms with Crippen LogP contribution >= 0.6 is 0 Å². The van der Waals surface area contributed by atoms with Crippen molar-refractivity contribution < 1.29 is 21.9 Å². The first-order chi connectivity index (χ1) is 8.81. The largest absolute Gasteiger partial charge is 0.490 e. The second-order valence-electron chi connectivity index (χ2n) is 4.37. The van der Waals surface area contributed by atoms with Crippen LogP contribution in [-0.2, 0) is 10.0 Å². The molecular formula is C12H17F2NO3S. The first-order valence-corrected chi connectivity index (χ1v) is 7.61. The van der Waals surface area contributed by atoms with Crippen LogP contribution in [0.2, 0.25) is 0 Å².